The molecule has 10 nitrogen and oxygen atoms in total. The van der Waals surface area contributed by atoms with Crippen molar-refractivity contribution in [2.24, 2.45) is 0 Å². The van der Waals surface area contributed by atoms with Crippen molar-refractivity contribution >= 4 is 57.9 Å². The van der Waals surface area contributed by atoms with Gasteiger partial charge in [0, 0.05) is 54.1 Å². The maximum Gasteiger partial charge on any atom is 0.340 e. The minimum absolute atomic E-state index is 0.0387. The number of imide groups is 1. The zero-order chi connectivity index (χ0) is 31.7. The van der Waals surface area contributed by atoms with Crippen molar-refractivity contribution in [1.29, 1.82) is 0 Å². The molecule has 0 bridgehead atoms. The van der Waals surface area contributed by atoms with Crippen molar-refractivity contribution < 1.29 is 28.7 Å². The molecule has 11 heteroatoms. The van der Waals surface area contributed by atoms with Crippen LogP contribution in [-0.2, 0) is 25.8 Å². The summed E-state index contributed by atoms with van der Waals surface area (Å²) in [6, 6.07) is 23.0. The maximum atomic E-state index is 12.7. The Bertz CT molecular complexity index is 1920. The number of thioether (sulfide) groups is 1. The first kappa shape index (κ1) is 29.8. The molecular weight excluding hydrogens is 592 g/mol. The highest BCUT2D eigenvalue weighted by Gasteiger charge is 2.35. The van der Waals surface area contributed by atoms with Crippen molar-refractivity contribution in [2.45, 2.75) is 37.1 Å². The van der Waals surface area contributed by atoms with Gasteiger partial charge in [-0.15, -0.1) is 5.06 Å². The molecule has 2 amide bonds. The van der Waals surface area contributed by atoms with Crippen LogP contribution in [0.4, 0.5) is 11.4 Å². The topological polar surface area (TPSA) is 114 Å². The van der Waals surface area contributed by atoms with Crippen LogP contribution in [0.1, 0.15) is 42.4 Å². The molecule has 0 N–H and O–H groups in total. The van der Waals surface area contributed by atoms with E-state index in [0.29, 0.717) is 17.2 Å². The van der Waals surface area contributed by atoms with Crippen molar-refractivity contribution in [3.63, 3.8) is 0 Å². The molecule has 1 atom stereocenters. The van der Waals surface area contributed by atoms with E-state index in [2.05, 4.69) is 36.2 Å². The second-order valence-electron chi connectivity index (χ2n) is 10.8. The summed E-state index contributed by atoms with van der Waals surface area (Å²) in [4.78, 5) is 56.3. The number of hydrogen-bond acceptors (Lipinski definition) is 8. The predicted octanol–water partition coefficient (Wildman–Crippen LogP) is 5.89. The van der Waals surface area contributed by atoms with Gasteiger partial charge in [-0.25, -0.2) is 4.79 Å². The SMILES string of the molecule is CC(C(=O)ON1C(=O)CCC1=O)c1ccc(C[n+]2ccc(/C=C/C=C3\Sc4ccccc4N3C)c3ccccc32)cc1[N+](=O)[O-]. The fraction of sp³-hybridized carbons (Fsp3) is 0.176. The first-order valence-electron chi connectivity index (χ1n) is 14.4. The number of hydroxylamine groups is 2. The van der Waals surface area contributed by atoms with Gasteiger partial charge in [-0.2, -0.15) is 4.57 Å². The normalized spacial score (nSPS) is 16.2. The number of carbonyl (C=O) groups is 3. The van der Waals surface area contributed by atoms with Gasteiger partial charge in [-0.3, -0.25) is 19.7 Å². The van der Waals surface area contributed by atoms with Crippen molar-refractivity contribution in [3.05, 3.63) is 123 Å². The summed E-state index contributed by atoms with van der Waals surface area (Å²) in [7, 11) is 2.06. The molecule has 226 valence electrons. The third kappa shape index (κ3) is 5.94. The number of amides is 2. The van der Waals surface area contributed by atoms with Crippen LogP contribution >= 0.6 is 11.8 Å². The zero-order valence-corrected chi connectivity index (χ0v) is 25.4. The number of allylic oxidation sites excluding steroid dienone is 2. The second-order valence-corrected chi connectivity index (χ2v) is 11.8. The van der Waals surface area contributed by atoms with Crippen LogP contribution in [0.3, 0.4) is 0 Å². The molecule has 0 spiro atoms. The molecule has 4 aromatic rings. The average Bonchev–Trinajstić information content (AvgIpc) is 3.54. The molecule has 0 radical (unpaired) electrons. The number of anilines is 1. The molecule has 45 heavy (non-hydrogen) atoms. The number of carbonyl (C=O) groups excluding carboxylic acids is 3. The number of nitro groups is 1. The number of aromatic nitrogens is 1. The van der Waals surface area contributed by atoms with Crippen LogP contribution in [0.25, 0.3) is 17.0 Å². The van der Waals surface area contributed by atoms with E-state index in [0.717, 1.165) is 21.5 Å². The Hall–Kier alpha value is -5.29. The average molecular weight is 622 g/mol. The van der Waals surface area contributed by atoms with E-state index in [4.69, 9.17) is 4.84 Å². The molecule has 0 saturated carbocycles. The van der Waals surface area contributed by atoms with Gasteiger partial charge < -0.3 is 9.74 Å². The first-order valence-corrected chi connectivity index (χ1v) is 15.2. The van der Waals surface area contributed by atoms with Gasteiger partial charge in [0.2, 0.25) is 5.52 Å². The summed E-state index contributed by atoms with van der Waals surface area (Å²) in [6.45, 7) is 1.80. The summed E-state index contributed by atoms with van der Waals surface area (Å²) in [5.41, 5.74) is 3.73. The summed E-state index contributed by atoms with van der Waals surface area (Å²) >= 11 is 1.73. The summed E-state index contributed by atoms with van der Waals surface area (Å²) in [5.74, 6) is -3.22. The molecule has 1 unspecified atom stereocenters. The highest BCUT2D eigenvalue weighted by molar-refractivity contribution is 8.03. The van der Waals surface area contributed by atoms with E-state index in [1.165, 1.54) is 29.6 Å². The van der Waals surface area contributed by atoms with Gasteiger partial charge in [-0.05, 0) is 36.8 Å². The van der Waals surface area contributed by atoms with E-state index in [1.54, 1.807) is 17.8 Å². The Balaban J connectivity index is 1.23. The molecule has 1 aromatic heterocycles. The Morgan fingerprint density at radius 2 is 1.80 bits per heavy atom. The van der Waals surface area contributed by atoms with Crippen molar-refractivity contribution in [1.82, 2.24) is 5.06 Å². The lowest BCUT2D eigenvalue weighted by Gasteiger charge is -2.16. The Morgan fingerprint density at radius 3 is 2.56 bits per heavy atom. The number of nitro benzene ring substituents is 1. The highest BCUT2D eigenvalue weighted by Crippen LogP contribution is 2.44. The van der Waals surface area contributed by atoms with Crippen LogP contribution < -0.4 is 9.47 Å². The molecule has 1 fully saturated rings. The van der Waals surface area contributed by atoms with Crippen LogP contribution in [-0.4, -0.2) is 34.8 Å². The molecule has 3 aromatic carbocycles. The van der Waals surface area contributed by atoms with Crippen LogP contribution in [0.5, 0.6) is 0 Å². The van der Waals surface area contributed by atoms with Crippen LogP contribution in [0.2, 0.25) is 0 Å². The molecule has 6 rings (SSSR count). The summed E-state index contributed by atoms with van der Waals surface area (Å²) < 4.78 is 2.02. The largest absolute Gasteiger partial charge is 0.340 e. The number of benzene rings is 3. The molecule has 2 aliphatic rings. The standard InChI is InChI=1S/C34H29N4O6S/c1-22(34(41)44-37-31(39)16-17-32(37)40)25-15-14-23(20-29(25)38(42)43)21-36-19-18-24(26-9-3-4-10-27(26)36)8-7-13-33-35(2)28-11-5-6-12-30(28)45-33/h3-15,18-20,22H,16-17,21H2,1-2H3/q+1. The van der Waals surface area contributed by atoms with Gasteiger partial charge in [0.05, 0.1) is 26.9 Å². The zero-order valence-electron chi connectivity index (χ0n) is 24.6. The Morgan fingerprint density at radius 1 is 1.07 bits per heavy atom. The van der Waals surface area contributed by atoms with Gasteiger partial charge in [0.1, 0.15) is 0 Å². The lowest BCUT2D eigenvalue weighted by atomic mass is 9.97. The molecule has 2 aliphatic heterocycles. The number of nitrogens with zero attached hydrogens (tertiary/aromatic N) is 4. The van der Waals surface area contributed by atoms with Gasteiger partial charge >= 0.3 is 5.97 Å². The lowest BCUT2D eigenvalue weighted by molar-refractivity contribution is -0.662. The fourth-order valence-electron chi connectivity index (χ4n) is 5.45. The van der Waals surface area contributed by atoms with Crippen molar-refractivity contribution in [2.75, 3.05) is 11.9 Å². The van der Waals surface area contributed by atoms with Crippen LogP contribution in [0, 0.1) is 10.1 Å². The van der Waals surface area contributed by atoms with Gasteiger partial charge in [-0.1, -0.05) is 60.3 Å². The number of hydrogen-bond donors (Lipinski definition) is 0. The summed E-state index contributed by atoms with van der Waals surface area (Å²) in [6.07, 6.45) is 8.08. The molecule has 1 saturated heterocycles. The Kier molecular flexibility index (Phi) is 8.18. The van der Waals surface area contributed by atoms with E-state index in [-0.39, 0.29) is 24.1 Å². The third-order valence-electron chi connectivity index (χ3n) is 7.90. The highest BCUT2D eigenvalue weighted by atomic mass is 32.2. The quantitative estimate of drug-likeness (QED) is 0.104. The number of rotatable bonds is 8. The smallest absolute Gasteiger partial charge is 0.338 e. The molecular formula is C34H29N4O6S+. The van der Waals surface area contributed by atoms with Crippen molar-refractivity contribution in [3.8, 4) is 0 Å². The second kappa shape index (κ2) is 12.4. The van der Waals surface area contributed by atoms with E-state index in [9.17, 15) is 24.5 Å². The monoisotopic (exact) mass is 621 g/mol. The molecule has 3 heterocycles. The fourth-order valence-corrected chi connectivity index (χ4v) is 6.52. The number of para-hydroxylation sites is 2. The van der Waals surface area contributed by atoms with E-state index < -0.39 is 28.6 Å². The molecule has 0 aliphatic carbocycles. The minimum Gasteiger partial charge on any atom is -0.338 e. The number of fused-ring (bicyclic) bond motifs is 2. The van der Waals surface area contributed by atoms with Crippen LogP contribution in [0.15, 0.2) is 101 Å². The van der Waals surface area contributed by atoms with E-state index >= 15 is 0 Å². The van der Waals surface area contributed by atoms with Gasteiger partial charge in [0.25, 0.3) is 17.5 Å². The van der Waals surface area contributed by atoms with Gasteiger partial charge in [0.15, 0.2) is 12.7 Å². The Labute approximate surface area is 263 Å². The minimum atomic E-state index is -1.08. The first-order chi connectivity index (χ1) is 21.7. The lowest BCUT2D eigenvalue weighted by Crippen LogP contribution is -2.35. The van der Waals surface area contributed by atoms with E-state index in [1.807, 2.05) is 59.3 Å². The maximum absolute atomic E-state index is 12.7. The number of pyridine rings is 1. The third-order valence-corrected chi connectivity index (χ3v) is 9.08. The predicted molar refractivity (Wildman–Crippen MR) is 170 cm³/mol. The summed E-state index contributed by atoms with van der Waals surface area (Å²) in [5, 5.41) is 14.7.